The van der Waals surface area contributed by atoms with Crippen LogP contribution in [0.25, 0.3) is 5.82 Å². The van der Waals surface area contributed by atoms with Gasteiger partial charge in [0.05, 0.1) is 11.9 Å². The molecule has 0 unspecified atom stereocenters. The number of anilines is 1. The number of rotatable bonds is 7. The minimum absolute atomic E-state index is 0.0724. The highest BCUT2D eigenvalue weighted by Gasteiger charge is 2.26. The Bertz CT molecular complexity index is 1110. The number of hydrazone groups is 1. The molecule has 3 N–H and O–H groups in total. The molecule has 1 fully saturated rings. The number of nitrogens with two attached hydrogens (primary N) is 1. The lowest BCUT2D eigenvalue weighted by Gasteiger charge is -2.30. The highest BCUT2D eigenvalue weighted by molar-refractivity contribution is 5.94. The van der Waals surface area contributed by atoms with Gasteiger partial charge in [-0.15, -0.1) is 5.10 Å². The van der Waals surface area contributed by atoms with E-state index in [-0.39, 0.29) is 17.3 Å². The van der Waals surface area contributed by atoms with Crippen molar-refractivity contribution in [3.63, 3.8) is 0 Å². The van der Waals surface area contributed by atoms with E-state index in [1.54, 1.807) is 6.21 Å². The van der Waals surface area contributed by atoms with Crippen molar-refractivity contribution >= 4 is 17.9 Å². The predicted octanol–water partition coefficient (Wildman–Crippen LogP) is 2.35. The van der Waals surface area contributed by atoms with Crippen molar-refractivity contribution in [3.8, 4) is 5.82 Å². The van der Waals surface area contributed by atoms with Crippen molar-refractivity contribution in [2.24, 2.45) is 11.0 Å². The Hall–Kier alpha value is -3.60. The number of likely N-dealkylation sites (tertiary alicyclic amines) is 1. The monoisotopic (exact) mass is 451 g/mol. The van der Waals surface area contributed by atoms with Crippen LogP contribution >= 0.6 is 0 Å². The molecule has 0 aliphatic carbocycles. The fraction of sp³-hybridized carbons (Fsp3) is 0.455. The molecule has 1 aliphatic rings. The Balaban J connectivity index is 1.52. The van der Waals surface area contributed by atoms with Crippen LogP contribution in [0.2, 0.25) is 0 Å². The van der Waals surface area contributed by atoms with Gasteiger partial charge in [0.2, 0.25) is 11.6 Å². The number of nitrogens with one attached hydrogen (secondary N) is 1. The average molecular weight is 452 g/mol. The molecule has 0 bridgehead atoms. The molecule has 2 aromatic heterocycles. The largest absolute Gasteiger partial charge is 0.378 e. The van der Waals surface area contributed by atoms with Crippen molar-refractivity contribution in [2.45, 2.75) is 46.1 Å². The molecule has 3 heterocycles. The van der Waals surface area contributed by atoms with E-state index < -0.39 is 5.91 Å². The molecule has 1 aromatic carbocycles. The van der Waals surface area contributed by atoms with Gasteiger partial charge in [0, 0.05) is 6.54 Å². The number of aromatic nitrogens is 5. The van der Waals surface area contributed by atoms with Gasteiger partial charge >= 0.3 is 0 Å². The van der Waals surface area contributed by atoms with Gasteiger partial charge in [-0.25, -0.2) is 10.1 Å². The number of carbonyl (C=O) groups excluding carboxylic acids is 1. The molecule has 174 valence electrons. The predicted molar refractivity (Wildman–Crippen MR) is 123 cm³/mol. The van der Waals surface area contributed by atoms with E-state index >= 15 is 0 Å². The molecule has 33 heavy (non-hydrogen) atoms. The van der Waals surface area contributed by atoms with Crippen LogP contribution in [0.15, 0.2) is 34.0 Å². The van der Waals surface area contributed by atoms with Gasteiger partial charge in [0.15, 0.2) is 5.69 Å². The molecule has 0 radical (unpaired) electrons. The summed E-state index contributed by atoms with van der Waals surface area (Å²) in [5.74, 6) is 0.950. The van der Waals surface area contributed by atoms with Gasteiger partial charge in [-0.2, -0.15) is 9.78 Å². The van der Waals surface area contributed by atoms with Gasteiger partial charge in [-0.05, 0) is 59.2 Å². The molecule has 1 aliphatic heterocycles. The minimum Gasteiger partial charge on any atom is -0.378 e. The maximum atomic E-state index is 12.9. The standard InChI is InChI=1S/C22H29N9O2/c1-14(2)17-6-4-16(5-7-17)12-24-26-22(32)19-18(13-30-10-8-15(3)9-11-30)31(29-25-19)21-20(23)27-33-28-21/h4-7,12,14-15H,8-11,13H2,1-3H3,(H2,23,27)(H,26,32)/b24-12-. The molecule has 1 amide bonds. The Labute approximate surface area is 192 Å². The lowest BCUT2D eigenvalue weighted by molar-refractivity contribution is 0.0947. The third-order valence-electron chi connectivity index (χ3n) is 5.91. The Morgan fingerprint density at radius 1 is 1.27 bits per heavy atom. The molecule has 0 saturated carbocycles. The van der Waals surface area contributed by atoms with Crippen LogP contribution in [0.4, 0.5) is 5.82 Å². The molecule has 0 spiro atoms. The van der Waals surface area contributed by atoms with E-state index in [1.807, 2.05) is 24.3 Å². The summed E-state index contributed by atoms with van der Waals surface area (Å²) < 4.78 is 6.12. The van der Waals surface area contributed by atoms with Crippen LogP contribution in [-0.4, -0.2) is 55.4 Å². The smallest absolute Gasteiger partial charge is 0.293 e. The third-order valence-corrected chi connectivity index (χ3v) is 5.91. The van der Waals surface area contributed by atoms with Gasteiger partial charge in [0.1, 0.15) is 0 Å². The first-order valence-electron chi connectivity index (χ1n) is 11.1. The van der Waals surface area contributed by atoms with Crippen LogP contribution in [0.5, 0.6) is 0 Å². The molecule has 11 nitrogen and oxygen atoms in total. The lowest BCUT2D eigenvalue weighted by Crippen LogP contribution is -2.34. The molecule has 11 heteroatoms. The van der Waals surface area contributed by atoms with E-state index in [1.165, 1.54) is 10.2 Å². The fourth-order valence-corrected chi connectivity index (χ4v) is 3.75. The van der Waals surface area contributed by atoms with E-state index in [9.17, 15) is 4.79 Å². The SMILES string of the molecule is CC1CCN(Cc2c(C(=O)N/N=C\c3ccc(C(C)C)cc3)nnn2-c2nonc2N)CC1. The number of carbonyl (C=O) groups is 1. The average Bonchev–Trinajstić information content (AvgIpc) is 3.41. The highest BCUT2D eigenvalue weighted by atomic mass is 16.6. The van der Waals surface area contributed by atoms with Gasteiger partial charge < -0.3 is 5.73 Å². The second kappa shape index (κ2) is 9.90. The van der Waals surface area contributed by atoms with Crippen LogP contribution in [-0.2, 0) is 6.54 Å². The first kappa shape index (κ1) is 22.6. The number of amides is 1. The fourth-order valence-electron chi connectivity index (χ4n) is 3.75. The van der Waals surface area contributed by atoms with Crippen LogP contribution in [0, 0.1) is 5.92 Å². The maximum Gasteiger partial charge on any atom is 0.293 e. The third kappa shape index (κ3) is 5.25. The Morgan fingerprint density at radius 2 is 2.00 bits per heavy atom. The highest BCUT2D eigenvalue weighted by Crippen LogP contribution is 2.22. The lowest BCUT2D eigenvalue weighted by atomic mass is 9.99. The topological polar surface area (TPSA) is 140 Å². The Kier molecular flexibility index (Phi) is 6.78. The summed E-state index contributed by atoms with van der Waals surface area (Å²) in [5.41, 5.74) is 11.2. The van der Waals surface area contributed by atoms with Crippen LogP contribution in [0.1, 0.15) is 66.8 Å². The van der Waals surface area contributed by atoms with E-state index in [2.05, 4.69) is 56.8 Å². The van der Waals surface area contributed by atoms with Crippen molar-refractivity contribution in [3.05, 3.63) is 46.8 Å². The van der Waals surface area contributed by atoms with Crippen LogP contribution < -0.4 is 11.2 Å². The summed E-state index contributed by atoms with van der Waals surface area (Å²) in [6.07, 6.45) is 3.78. The second-order valence-corrected chi connectivity index (χ2v) is 8.75. The zero-order valence-electron chi connectivity index (χ0n) is 19.1. The number of hydrogen-bond donors (Lipinski definition) is 2. The van der Waals surface area contributed by atoms with Gasteiger partial charge in [-0.1, -0.05) is 50.3 Å². The zero-order chi connectivity index (χ0) is 23.4. The summed E-state index contributed by atoms with van der Waals surface area (Å²) in [4.78, 5) is 15.2. The summed E-state index contributed by atoms with van der Waals surface area (Å²) >= 11 is 0. The first-order chi connectivity index (χ1) is 15.9. The summed E-state index contributed by atoms with van der Waals surface area (Å²) in [7, 11) is 0. The number of nitrogen functional groups attached to an aromatic ring is 1. The van der Waals surface area contributed by atoms with Gasteiger partial charge in [0.25, 0.3) is 5.91 Å². The first-order valence-corrected chi connectivity index (χ1v) is 11.1. The van der Waals surface area contributed by atoms with Crippen LogP contribution in [0.3, 0.4) is 0 Å². The molecular formula is C22H29N9O2. The summed E-state index contributed by atoms with van der Waals surface area (Å²) in [6, 6.07) is 8.02. The van der Waals surface area contributed by atoms with Gasteiger partial charge in [-0.3, -0.25) is 9.69 Å². The van der Waals surface area contributed by atoms with Crippen molar-refractivity contribution < 1.29 is 9.42 Å². The van der Waals surface area contributed by atoms with E-state index in [0.717, 1.165) is 31.5 Å². The van der Waals surface area contributed by atoms with Crippen molar-refractivity contribution in [2.75, 3.05) is 18.8 Å². The number of benzene rings is 1. The minimum atomic E-state index is -0.466. The molecular weight excluding hydrogens is 422 g/mol. The second-order valence-electron chi connectivity index (χ2n) is 8.75. The molecule has 3 aromatic rings. The molecule has 0 atom stereocenters. The van der Waals surface area contributed by atoms with Crippen molar-refractivity contribution in [1.29, 1.82) is 0 Å². The number of hydrogen-bond acceptors (Lipinski definition) is 9. The number of piperidine rings is 1. The van der Waals surface area contributed by atoms with E-state index in [0.29, 0.717) is 24.1 Å². The summed E-state index contributed by atoms with van der Waals surface area (Å²) in [5, 5.41) is 19.7. The maximum absolute atomic E-state index is 12.9. The Morgan fingerprint density at radius 3 is 2.64 bits per heavy atom. The summed E-state index contributed by atoms with van der Waals surface area (Å²) in [6.45, 7) is 8.84. The normalized spacial score (nSPS) is 15.5. The molecule has 1 saturated heterocycles. The molecule has 4 rings (SSSR count). The number of nitrogens with zero attached hydrogens (tertiary/aromatic N) is 7. The zero-order valence-corrected chi connectivity index (χ0v) is 19.1. The van der Waals surface area contributed by atoms with Crippen molar-refractivity contribution in [1.82, 2.24) is 35.6 Å². The quantitative estimate of drug-likeness (QED) is 0.412. The van der Waals surface area contributed by atoms with E-state index in [4.69, 9.17) is 10.4 Å².